The molecule has 3 rings (SSSR count). The Morgan fingerprint density at radius 3 is 2.91 bits per heavy atom. The summed E-state index contributed by atoms with van der Waals surface area (Å²) in [6, 6.07) is 3.22. The highest BCUT2D eigenvalue weighted by atomic mass is 32.2. The molecule has 2 amide bonds. The van der Waals surface area contributed by atoms with E-state index in [0.29, 0.717) is 18.7 Å². The van der Waals surface area contributed by atoms with Crippen molar-refractivity contribution in [3.63, 3.8) is 0 Å². The van der Waals surface area contributed by atoms with Gasteiger partial charge in [-0.3, -0.25) is 9.59 Å². The molecule has 2 aliphatic heterocycles. The number of furan rings is 1. The van der Waals surface area contributed by atoms with E-state index < -0.39 is 15.8 Å². The van der Waals surface area contributed by atoms with E-state index in [9.17, 15) is 18.0 Å². The van der Waals surface area contributed by atoms with Crippen LogP contribution in [0.15, 0.2) is 22.8 Å². The molecule has 0 spiro atoms. The van der Waals surface area contributed by atoms with Crippen molar-refractivity contribution in [3.8, 4) is 0 Å². The van der Waals surface area contributed by atoms with Crippen LogP contribution in [0.25, 0.3) is 0 Å². The summed E-state index contributed by atoms with van der Waals surface area (Å²) < 4.78 is 28.2. The lowest BCUT2D eigenvalue weighted by atomic mass is 10.1. The second kappa shape index (κ2) is 5.75. The van der Waals surface area contributed by atoms with E-state index in [-0.39, 0.29) is 42.3 Å². The first-order valence-corrected chi connectivity index (χ1v) is 9.07. The van der Waals surface area contributed by atoms with E-state index in [1.54, 1.807) is 17.0 Å². The van der Waals surface area contributed by atoms with Crippen LogP contribution in [0, 0.1) is 5.92 Å². The summed E-state index contributed by atoms with van der Waals surface area (Å²) in [5.74, 6) is 0.0200. The molecule has 0 saturated carbocycles. The van der Waals surface area contributed by atoms with E-state index in [2.05, 4.69) is 5.32 Å². The molecule has 2 saturated heterocycles. The first kappa shape index (κ1) is 15.1. The molecular formula is C14H18N2O5S. The van der Waals surface area contributed by atoms with Gasteiger partial charge in [-0.05, 0) is 18.6 Å². The number of hydrogen-bond acceptors (Lipinski definition) is 5. The van der Waals surface area contributed by atoms with Crippen LogP contribution in [0.3, 0.4) is 0 Å². The van der Waals surface area contributed by atoms with E-state index >= 15 is 0 Å². The fourth-order valence-corrected chi connectivity index (χ4v) is 4.74. The van der Waals surface area contributed by atoms with Gasteiger partial charge in [0.25, 0.3) is 0 Å². The van der Waals surface area contributed by atoms with Gasteiger partial charge in [0.15, 0.2) is 9.84 Å². The smallest absolute Gasteiger partial charge is 0.225 e. The fourth-order valence-electron chi connectivity index (χ4n) is 3.01. The summed E-state index contributed by atoms with van der Waals surface area (Å²) in [6.07, 6.45) is 2.14. The van der Waals surface area contributed by atoms with Crippen LogP contribution in [0.2, 0.25) is 0 Å². The number of nitrogens with one attached hydrogen (secondary N) is 1. The van der Waals surface area contributed by atoms with Gasteiger partial charge in [-0.15, -0.1) is 0 Å². The van der Waals surface area contributed by atoms with Crippen LogP contribution < -0.4 is 5.32 Å². The van der Waals surface area contributed by atoms with Crippen LogP contribution in [-0.4, -0.2) is 49.2 Å². The lowest BCUT2D eigenvalue weighted by Gasteiger charge is -2.22. The van der Waals surface area contributed by atoms with Crippen LogP contribution >= 0.6 is 0 Å². The molecule has 0 aromatic carbocycles. The third kappa shape index (κ3) is 3.16. The number of likely N-dealkylation sites (tertiary alicyclic amines) is 1. The molecule has 3 heterocycles. The zero-order valence-electron chi connectivity index (χ0n) is 12.0. The van der Waals surface area contributed by atoms with Gasteiger partial charge >= 0.3 is 0 Å². The average molecular weight is 326 g/mol. The van der Waals surface area contributed by atoms with Crippen molar-refractivity contribution in [3.05, 3.63) is 24.2 Å². The van der Waals surface area contributed by atoms with Crippen molar-refractivity contribution in [1.29, 1.82) is 0 Å². The van der Waals surface area contributed by atoms with Gasteiger partial charge in [0, 0.05) is 19.0 Å². The molecule has 1 N–H and O–H groups in total. The maximum Gasteiger partial charge on any atom is 0.225 e. The van der Waals surface area contributed by atoms with Crippen molar-refractivity contribution in [2.24, 2.45) is 5.92 Å². The summed E-state index contributed by atoms with van der Waals surface area (Å²) in [6.45, 7) is 0.581. The maximum absolute atomic E-state index is 12.1. The highest BCUT2D eigenvalue weighted by Crippen LogP contribution is 2.26. The zero-order valence-corrected chi connectivity index (χ0v) is 12.8. The third-order valence-corrected chi connectivity index (χ3v) is 5.95. The van der Waals surface area contributed by atoms with Gasteiger partial charge in [-0.1, -0.05) is 0 Å². The third-order valence-electron chi connectivity index (χ3n) is 4.20. The van der Waals surface area contributed by atoms with Crippen molar-refractivity contribution in [2.45, 2.75) is 25.4 Å². The Morgan fingerprint density at radius 2 is 2.27 bits per heavy atom. The average Bonchev–Trinajstić information content (AvgIpc) is 3.16. The summed E-state index contributed by atoms with van der Waals surface area (Å²) in [4.78, 5) is 25.7. The standard InChI is InChI=1S/C14H18N2O5S/c17-13-6-10(14(18)15-7-12-2-1-4-21-12)8-16(13)11-3-5-22(19,20)9-11/h1-2,4,10-11H,3,5-9H2,(H,15,18)/t10-,11-/m0/s1. The molecular weight excluding hydrogens is 308 g/mol. The minimum Gasteiger partial charge on any atom is -0.467 e. The first-order chi connectivity index (χ1) is 10.4. The lowest BCUT2D eigenvalue weighted by Crippen LogP contribution is -2.38. The molecule has 1 aromatic rings. The summed E-state index contributed by atoms with van der Waals surface area (Å²) in [5, 5.41) is 2.75. The molecule has 8 heteroatoms. The quantitative estimate of drug-likeness (QED) is 0.835. The zero-order chi connectivity index (χ0) is 15.7. The molecule has 0 radical (unpaired) electrons. The lowest BCUT2D eigenvalue weighted by molar-refractivity contribution is -0.130. The predicted molar refractivity (Wildman–Crippen MR) is 77.4 cm³/mol. The minimum atomic E-state index is -3.04. The van der Waals surface area contributed by atoms with Gasteiger partial charge in [-0.2, -0.15) is 0 Å². The molecule has 0 bridgehead atoms. The molecule has 2 fully saturated rings. The highest BCUT2D eigenvalue weighted by Gasteiger charge is 2.41. The van der Waals surface area contributed by atoms with Crippen LogP contribution in [0.4, 0.5) is 0 Å². The van der Waals surface area contributed by atoms with E-state index in [0.717, 1.165) is 0 Å². The molecule has 120 valence electrons. The molecule has 2 atom stereocenters. The topological polar surface area (TPSA) is 96.7 Å². The van der Waals surface area contributed by atoms with Crippen molar-refractivity contribution >= 4 is 21.7 Å². The predicted octanol–water partition coefficient (Wildman–Crippen LogP) is -0.0686. The molecule has 2 aliphatic rings. The van der Waals surface area contributed by atoms with Gasteiger partial charge < -0.3 is 14.6 Å². The Labute approximate surface area is 128 Å². The number of nitrogens with zero attached hydrogens (tertiary/aromatic N) is 1. The normalized spacial score (nSPS) is 27.3. The Balaban J connectivity index is 1.56. The summed E-state index contributed by atoms with van der Waals surface area (Å²) in [5.41, 5.74) is 0. The second-order valence-corrected chi connectivity index (χ2v) is 8.03. The van der Waals surface area contributed by atoms with E-state index in [1.807, 2.05) is 0 Å². The Hall–Kier alpha value is -1.83. The maximum atomic E-state index is 12.1. The molecule has 0 unspecified atom stereocenters. The van der Waals surface area contributed by atoms with Crippen molar-refractivity contribution < 1.29 is 22.4 Å². The second-order valence-electron chi connectivity index (χ2n) is 5.80. The van der Waals surface area contributed by atoms with Gasteiger partial charge in [0.2, 0.25) is 11.8 Å². The molecule has 0 aliphatic carbocycles. The summed E-state index contributed by atoms with van der Waals surface area (Å²) >= 11 is 0. The van der Waals surface area contributed by atoms with Gasteiger partial charge in [0.1, 0.15) is 5.76 Å². The van der Waals surface area contributed by atoms with Crippen LogP contribution in [-0.2, 0) is 26.0 Å². The van der Waals surface area contributed by atoms with Crippen molar-refractivity contribution in [2.75, 3.05) is 18.1 Å². The number of carbonyl (C=O) groups excluding carboxylic acids is 2. The fraction of sp³-hybridized carbons (Fsp3) is 0.571. The largest absolute Gasteiger partial charge is 0.467 e. The molecule has 1 aromatic heterocycles. The number of carbonyl (C=O) groups is 2. The van der Waals surface area contributed by atoms with Crippen molar-refractivity contribution in [1.82, 2.24) is 10.2 Å². The number of amides is 2. The van der Waals surface area contributed by atoms with Gasteiger partial charge in [-0.25, -0.2) is 8.42 Å². The minimum absolute atomic E-state index is 0.0134. The number of hydrogen-bond donors (Lipinski definition) is 1. The summed E-state index contributed by atoms with van der Waals surface area (Å²) in [7, 11) is -3.04. The van der Waals surface area contributed by atoms with Gasteiger partial charge in [0.05, 0.1) is 30.2 Å². The number of rotatable bonds is 4. The Morgan fingerprint density at radius 1 is 1.45 bits per heavy atom. The Kier molecular flexibility index (Phi) is 3.94. The molecule has 22 heavy (non-hydrogen) atoms. The van der Waals surface area contributed by atoms with Crippen LogP contribution in [0.1, 0.15) is 18.6 Å². The Bertz CT molecular complexity index is 667. The first-order valence-electron chi connectivity index (χ1n) is 7.24. The molecule has 7 nitrogen and oxygen atoms in total. The SMILES string of the molecule is O=C(NCc1ccco1)[C@H]1CC(=O)N([C@H]2CCS(=O)(=O)C2)C1. The monoisotopic (exact) mass is 326 g/mol. The highest BCUT2D eigenvalue weighted by molar-refractivity contribution is 7.91. The van der Waals surface area contributed by atoms with Crippen LogP contribution in [0.5, 0.6) is 0 Å². The number of sulfone groups is 1. The van der Waals surface area contributed by atoms with E-state index in [4.69, 9.17) is 4.42 Å². The van der Waals surface area contributed by atoms with E-state index in [1.165, 1.54) is 6.26 Å².